The summed E-state index contributed by atoms with van der Waals surface area (Å²) in [5.74, 6) is 0.648. The number of thioether (sulfide) groups is 1. The second-order valence-electron chi connectivity index (χ2n) is 4.90. The Hall–Kier alpha value is -0.820. The van der Waals surface area contributed by atoms with Crippen molar-refractivity contribution in [3.8, 4) is 0 Å². The van der Waals surface area contributed by atoms with E-state index < -0.39 is 0 Å². The molecule has 21 heavy (non-hydrogen) atoms. The van der Waals surface area contributed by atoms with Crippen LogP contribution in [0.2, 0.25) is 10.0 Å². The fourth-order valence-corrected chi connectivity index (χ4v) is 3.55. The Morgan fingerprint density at radius 2 is 2.05 bits per heavy atom. The minimum Gasteiger partial charge on any atom is -0.312 e. The standard InChI is InChI=1S/C13H15Cl2N5S/c14-11-2-1-3-12(15)10(11)8-21-13-17-18-19-20(13)7-6-16-9-4-5-9/h1-3,9,16H,4-8H2. The summed E-state index contributed by atoms with van der Waals surface area (Å²) in [4.78, 5) is 0. The Bertz CT molecular complexity index is 594. The average Bonchev–Trinajstić information content (AvgIpc) is 3.17. The van der Waals surface area contributed by atoms with E-state index >= 15 is 0 Å². The Morgan fingerprint density at radius 3 is 2.76 bits per heavy atom. The molecule has 1 fully saturated rings. The first kappa shape index (κ1) is 15.1. The van der Waals surface area contributed by atoms with E-state index in [1.165, 1.54) is 24.6 Å². The molecule has 0 atom stereocenters. The summed E-state index contributed by atoms with van der Waals surface area (Å²) in [6.07, 6.45) is 2.56. The van der Waals surface area contributed by atoms with Gasteiger partial charge in [0.25, 0.3) is 0 Å². The number of nitrogens with one attached hydrogen (secondary N) is 1. The lowest BCUT2D eigenvalue weighted by Gasteiger charge is -2.07. The van der Waals surface area contributed by atoms with Gasteiger partial charge in [0.1, 0.15) is 0 Å². The zero-order chi connectivity index (χ0) is 14.7. The number of halogens is 2. The average molecular weight is 344 g/mol. The van der Waals surface area contributed by atoms with Gasteiger partial charge in [0.15, 0.2) is 0 Å². The van der Waals surface area contributed by atoms with Crippen LogP contribution in [0.15, 0.2) is 23.4 Å². The molecule has 0 bridgehead atoms. The Kier molecular flexibility index (Phi) is 5.00. The molecule has 8 heteroatoms. The molecule has 0 spiro atoms. The van der Waals surface area contributed by atoms with Crippen molar-refractivity contribution in [1.29, 1.82) is 0 Å². The first-order valence-corrected chi connectivity index (χ1v) is 8.53. The first-order valence-electron chi connectivity index (χ1n) is 6.79. The van der Waals surface area contributed by atoms with Crippen LogP contribution in [-0.2, 0) is 12.3 Å². The highest BCUT2D eigenvalue weighted by Crippen LogP contribution is 2.30. The predicted molar refractivity (Wildman–Crippen MR) is 84.9 cm³/mol. The second-order valence-corrected chi connectivity index (χ2v) is 6.66. The van der Waals surface area contributed by atoms with Gasteiger partial charge in [0, 0.05) is 28.4 Å². The smallest absolute Gasteiger partial charge is 0.209 e. The van der Waals surface area contributed by atoms with Crippen molar-refractivity contribution in [2.24, 2.45) is 0 Å². The molecular weight excluding hydrogens is 329 g/mol. The lowest BCUT2D eigenvalue weighted by molar-refractivity contribution is 0.509. The van der Waals surface area contributed by atoms with Crippen LogP contribution in [0.25, 0.3) is 0 Å². The molecule has 1 heterocycles. The summed E-state index contributed by atoms with van der Waals surface area (Å²) in [5.41, 5.74) is 0.913. The summed E-state index contributed by atoms with van der Waals surface area (Å²) in [5, 5.41) is 17.4. The van der Waals surface area contributed by atoms with Crippen molar-refractivity contribution < 1.29 is 0 Å². The van der Waals surface area contributed by atoms with Crippen molar-refractivity contribution in [2.75, 3.05) is 6.54 Å². The lowest BCUT2D eigenvalue weighted by Crippen LogP contribution is -2.22. The molecule has 1 aromatic heterocycles. The number of benzene rings is 1. The van der Waals surface area contributed by atoms with Crippen molar-refractivity contribution >= 4 is 35.0 Å². The molecule has 1 aliphatic carbocycles. The second kappa shape index (κ2) is 6.96. The maximum atomic E-state index is 6.17. The van der Waals surface area contributed by atoms with Crippen molar-refractivity contribution in [1.82, 2.24) is 25.5 Å². The van der Waals surface area contributed by atoms with Gasteiger partial charge in [-0.15, -0.1) is 5.10 Å². The molecule has 112 valence electrons. The molecular formula is C13H15Cl2N5S. The first-order chi connectivity index (χ1) is 10.2. The fourth-order valence-electron chi connectivity index (χ4n) is 1.91. The third-order valence-corrected chi connectivity index (χ3v) is 4.93. The van der Waals surface area contributed by atoms with Crippen LogP contribution in [0.5, 0.6) is 0 Å². The number of nitrogens with zero attached hydrogens (tertiary/aromatic N) is 4. The van der Waals surface area contributed by atoms with Crippen molar-refractivity contribution in [3.63, 3.8) is 0 Å². The minimum absolute atomic E-state index is 0.648. The van der Waals surface area contributed by atoms with Gasteiger partial charge >= 0.3 is 0 Å². The molecule has 1 N–H and O–H groups in total. The van der Waals surface area contributed by atoms with Crippen LogP contribution >= 0.6 is 35.0 Å². The zero-order valence-corrected chi connectivity index (χ0v) is 13.6. The van der Waals surface area contributed by atoms with E-state index in [1.807, 2.05) is 22.9 Å². The maximum absolute atomic E-state index is 6.17. The maximum Gasteiger partial charge on any atom is 0.209 e. The predicted octanol–water partition coefficient (Wildman–Crippen LogP) is 3.02. The van der Waals surface area contributed by atoms with E-state index in [2.05, 4.69) is 20.8 Å². The molecule has 5 nitrogen and oxygen atoms in total. The van der Waals surface area contributed by atoms with E-state index in [-0.39, 0.29) is 0 Å². The van der Waals surface area contributed by atoms with E-state index in [0.29, 0.717) is 21.8 Å². The van der Waals surface area contributed by atoms with Gasteiger partial charge in [0.2, 0.25) is 5.16 Å². The van der Waals surface area contributed by atoms with E-state index in [0.717, 1.165) is 23.8 Å². The number of tetrazole rings is 1. The monoisotopic (exact) mass is 343 g/mol. The van der Waals surface area contributed by atoms with Gasteiger partial charge in [-0.3, -0.25) is 0 Å². The normalized spacial score (nSPS) is 14.6. The third-order valence-electron chi connectivity index (χ3n) is 3.24. The Morgan fingerprint density at radius 1 is 1.29 bits per heavy atom. The summed E-state index contributed by atoms with van der Waals surface area (Å²) in [7, 11) is 0. The van der Waals surface area contributed by atoms with Gasteiger partial charge in [-0.2, -0.15) is 0 Å². The highest BCUT2D eigenvalue weighted by Gasteiger charge is 2.20. The summed E-state index contributed by atoms with van der Waals surface area (Å²) >= 11 is 13.9. The number of hydrogen-bond acceptors (Lipinski definition) is 5. The van der Waals surface area contributed by atoms with Crippen LogP contribution in [-0.4, -0.2) is 32.8 Å². The van der Waals surface area contributed by atoms with Crippen LogP contribution in [0, 0.1) is 0 Å². The van der Waals surface area contributed by atoms with E-state index in [1.54, 1.807) is 0 Å². The highest BCUT2D eigenvalue weighted by molar-refractivity contribution is 7.98. The molecule has 1 aromatic carbocycles. The van der Waals surface area contributed by atoms with Crippen molar-refractivity contribution in [3.05, 3.63) is 33.8 Å². The molecule has 0 radical (unpaired) electrons. The SMILES string of the molecule is Clc1cccc(Cl)c1CSc1nnnn1CCNC1CC1. The summed E-state index contributed by atoms with van der Waals surface area (Å²) < 4.78 is 1.81. The molecule has 0 aliphatic heterocycles. The number of rotatable bonds is 7. The van der Waals surface area contributed by atoms with Gasteiger partial charge in [-0.05, 0) is 41.0 Å². The van der Waals surface area contributed by atoms with Gasteiger partial charge in [-0.25, -0.2) is 4.68 Å². The Balaban J connectivity index is 1.58. The lowest BCUT2D eigenvalue weighted by atomic mass is 10.2. The largest absolute Gasteiger partial charge is 0.312 e. The number of hydrogen-bond donors (Lipinski definition) is 1. The third kappa shape index (κ3) is 4.10. The molecule has 3 rings (SSSR count). The molecule has 0 amide bonds. The van der Waals surface area contributed by atoms with Crippen molar-refractivity contribution in [2.45, 2.75) is 36.3 Å². The van der Waals surface area contributed by atoms with Crippen LogP contribution in [0.1, 0.15) is 18.4 Å². The van der Waals surface area contributed by atoms with E-state index in [4.69, 9.17) is 23.2 Å². The molecule has 1 aliphatic rings. The number of aromatic nitrogens is 4. The minimum atomic E-state index is 0.648. The highest BCUT2D eigenvalue weighted by atomic mass is 35.5. The van der Waals surface area contributed by atoms with Gasteiger partial charge in [0.05, 0.1) is 6.54 Å². The molecule has 2 aromatic rings. The van der Waals surface area contributed by atoms with Crippen LogP contribution in [0.4, 0.5) is 0 Å². The van der Waals surface area contributed by atoms with Crippen LogP contribution in [0.3, 0.4) is 0 Å². The summed E-state index contributed by atoms with van der Waals surface area (Å²) in [6.45, 7) is 1.65. The molecule has 0 unspecified atom stereocenters. The zero-order valence-electron chi connectivity index (χ0n) is 11.3. The molecule has 1 saturated carbocycles. The van der Waals surface area contributed by atoms with Crippen LogP contribution < -0.4 is 5.32 Å². The fraction of sp³-hybridized carbons (Fsp3) is 0.462. The topological polar surface area (TPSA) is 55.6 Å². The van der Waals surface area contributed by atoms with E-state index in [9.17, 15) is 0 Å². The van der Waals surface area contributed by atoms with Gasteiger partial charge in [-0.1, -0.05) is 41.0 Å². The van der Waals surface area contributed by atoms with Gasteiger partial charge < -0.3 is 5.32 Å². The molecule has 0 saturated heterocycles. The summed E-state index contributed by atoms with van der Waals surface area (Å²) in [6, 6.07) is 6.21. The quantitative estimate of drug-likeness (QED) is 0.783. The Labute approximate surface area is 137 Å².